The van der Waals surface area contributed by atoms with E-state index in [1.165, 1.54) is 0 Å². The predicted octanol–water partition coefficient (Wildman–Crippen LogP) is 2.93. The van der Waals surface area contributed by atoms with E-state index in [4.69, 9.17) is 17.5 Å². The number of aromatic nitrogens is 2. The summed E-state index contributed by atoms with van der Waals surface area (Å²) >= 11 is 3.23. The van der Waals surface area contributed by atoms with Gasteiger partial charge in [-0.2, -0.15) is 0 Å². The number of rotatable bonds is 2. The molecule has 2 heterocycles. The average Bonchev–Trinajstić information content (AvgIpc) is 2.97. The summed E-state index contributed by atoms with van der Waals surface area (Å²) in [4.78, 5) is 4.27. The van der Waals surface area contributed by atoms with E-state index in [1.54, 1.807) is 0 Å². The zero-order valence-electron chi connectivity index (χ0n) is 18.2. The Labute approximate surface area is 142 Å². The van der Waals surface area contributed by atoms with Gasteiger partial charge in [0.2, 0.25) is 0 Å². The van der Waals surface area contributed by atoms with Crippen molar-refractivity contribution in [3.05, 3.63) is 41.1 Å². The first-order chi connectivity index (χ1) is 12.3. The summed E-state index contributed by atoms with van der Waals surface area (Å²) in [6, 6.07) is -2.31. The normalized spacial score (nSPS) is 24.0. The van der Waals surface area contributed by atoms with Crippen molar-refractivity contribution in [1.82, 2.24) is 9.55 Å². The Morgan fingerprint density at radius 3 is 2.29 bits per heavy atom. The van der Waals surface area contributed by atoms with Crippen molar-refractivity contribution in [3.63, 3.8) is 0 Å². The Kier molecular flexibility index (Phi) is 2.16. The summed E-state index contributed by atoms with van der Waals surface area (Å²) in [7, 11) is -0.912. The Morgan fingerprint density at radius 2 is 1.71 bits per heavy atom. The van der Waals surface area contributed by atoms with E-state index < -0.39 is 48.5 Å². The van der Waals surface area contributed by atoms with Gasteiger partial charge in [0.25, 0.3) is 0 Å². The highest BCUT2D eigenvalue weighted by Crippen LogP contribution is 2.36. The molecule has 110 valence electrons. The lowest BCUT2D eigenvalue weighted by molar-refractivity contribution is 0.00578. The number of hydrogen-bond donors (Lipinski definition) is 0. The highest BCUT2D eigenvalue weighted by atomic mass is 79.9. The number of hydrogen-bond acceptors (Lipinski definition) is 3. The summed E-state index contributed by atoms with van der Waals surface area (Å²) < 4.78 is 61.3. The molecule has 0 bridgehead atoms. The second-order valence-corrected chi connectivity index (χ2v) is 6.48. The van der Waals surface area contributed by atoms with Crippen LogP contribution < -0.4 is 5.59 Å². The van der Waals surface area contributed by atoms with Gasteiger partial charge in [-0.25, -0.2) is 4.98 Å². The van der Waals surface area contributed by atoms with Crippen LogP contribution in [0.2, 0.25) is 0 Å². The van der Waals surface area contributed by atoms with Gasteiger partial charge in [-0.05, 0) is 55.7 Å². The van der Waals surface area contributed by atoms with Crippen molar-refractivity contribution in [3.8, 4) is 5.69 Å². The van der Waals surface area contributed by atoms with Gasteiger partial charge in [0, 0.05) is 11.9 Å². The van der Waals surface area contributed by atoms with Gasteiger partial charge in [-0.3, -0.25) is 4.57 Å². The second-order valence-electron chi connectivity index (χ2n) is 5.78. The topological polar surface area (TPSA) is 36.3 Å². The molecule has 0 unspecified atom stereocenters. The lowest BCUT2D eigenvalue weighted by Gasteiger charge is -2.32. The molecule has 0 aliphatic carbocycles. The molecule has 4 nitrogen and oxygen atoms in total. The summed E-state index contributed by atoms with van der Waals surface area (Å²) in [5.74, 6) is 0. The molecule has 3 rings (SSSR count). The van der Waals surface area contributed by atoms with Crippen LogP contribution in [-0.2, 0) is 9.31 Å². The smallest absolute Gasteiger partial charge is 0.398 e. The zero-order chi connectivity index (χ0) is 20.5. The number of imidazole rings is 1. The van der Waals surface area contributed by atoms with E-state index in [0.29, 0.717) is 0 Å². The third-order valence-electron chi connectivity index (χ3n) is 3.81. The monoisotopic (exact) mass is 354 g/mol. The van der Waals surface area contributed by atoms with Crippen molar-refractivity contribution < 1.29 is 17.5 Å². The summed E-state index contributed by atoms with van der Waals surface area (Å²) in [6.07, 6.45) is -0.182. The maximum Gasteiger partial charge on any atom is 0.516 e. The van der Waals surface area contributed by atoms with Crippen LogP contribution >= 0.6 is 15.9 Å². The summed E-state index contributed by atoms with van der Waals surface area (Å²) in [5, 5.41) is 0. The molecule has 1 fully saturated rings. The fourth-order valence-electron chi connectivity index (χ4n) is 1.90. The van der Waals surface area contributed by atoms with E-state index in [1.807, 2.05) is 27.7 Å². The van der Waals surface area contributed by atoms with Gasteiger partial charge in [-0.1, -0.05) is 18.1 Å². The molecule has 1 aromatic carbocycles. The van der Waals surface area contributed by atoms with E-state index in [0.717, 1.165) is 4.57 Å². The number of halogens is 1. The zero-order valence-corrected chi connectivity index (χ0v) is 13.8. The molecule has 1 saturated heterocycles. The van der Waals surface area contributed by atoms with Gasteiger partial charge in [0.15, 0.2) is 4.73 Å². The summed E-state index contributed by atoms with van der Waals surface area (Å²) in [5.41, 5.74) is -1.26. The lowest BCUT2D eigenvalue weighted by Crippen LogP contribution is -2.41. The molecule has 1 aliphatic rings. The fourth-order valence-corrected chi connectivity index (χ4v) is 2.36. The number of para-hydroxylation sites is 1. The minimum atomic E-state index is -0.912. The quantitative estimate of drug-likeness (QED) is 0.778. The van der Waals surface area contributed by atoms with E-state index in [9.17, 15) is 0 Å². The van der Waals surface area contributed by atoms with Gasteiger partial charge < -0.3 is 9.31 Å². The van der Waals surface area contributed by atoms with Crippen LogP contribution in [0.25, 0.3) is 5.69 Å². The molecular formula is C15H18BBrN2O2. The standard InChI is InChI=1S/C15H18BBrN2O2/c1-14(2)15(3,4)21-16(20-14)12-10-19(13(17)18-12)11-8-6-5-7-9-11/h5-10H,1-4H3/i5D,6D,7D,8D,9D,10D. The van der Waals surface area contributed by atoms with Crippen LogP contribution in [0, 0.1) is 0 Å². The Balaban J connectivity index is 2.18. The first-order valence-corrected chi connectivity index (χ1v) is 7.27. The minimum absolute atomic E-state index is 0.121. The Bertz CT molecular complexity index is 904. The Morgan fingerprint density at radius 1 is 1.14 bits per heavy atom. The molecule has 0 atom stereocenters. The van der Waals surface area contributed by atoms with Crippen molar-refractivity contribution in [2.45, 2.75) is 38.9 Å². The van der Waals surface area contributed by atoms with E-state index >= 15 is 0 Å². The third-order valence-corrected chi connectivity index (χ3v) is 4.34. The predicted molar refractivity (Wildman–Crippen MR) is 87.0 cm³/mol. The first kappa shape index (κ1) is 9.13. The summed E-state index contributed by atoms with van der Waals surface area (Å²) in [6.45, 7) is 7.49. The van der Waals surface area contributed by atoms with E-state index in [2.05, 4.69) is 20.9 Å². The average molecular weight is 355 g/mol. The highest BCUT2D eigenvalue weighted by Gasteiger charge is 2.52. The van der Waals surface area contributed by atoms with Crippen LogP contribution in [0.3, 0.4) is 0 Å². The van der Waals surface area contributed by atoms with Crippen LogP contribution in [0.4, 0.5) is 0 Å². The van der Waals surface area contributed by atoms with Crippen molar-refractivity contribution in [1.29, 1.82) is 0 Å². The van der Waals surface area contributed by atoms with Crippen LogP contribution in [0.1, 0.15) is 35.9 Å². The molecular weight excluding hydrogens is 331 g/mol. The largest absolute Gasteiger partial charge is 0.516 e. The molecule has 0 saturated carbocycles. The number of nitrogens with zero attached hydrogens (tertiary/aromatic N) is 2. The molecule has 2 aromatic rings. The van der Waals surface area contributed by atoms with Gasteiger partial charge in [0.05, 0.1) is 25.0 Å². The van der Waals surface area contributed by atoms with Crippen molar-refractivity contribution in [2.24, 2.45) is 0 Å². The third kappa shape index (κ3) is 2.56. The fraction of sp³-hybridized carbons (Fsp3) is 0.400. The molecule has 21 heavy (non-hydrogen) atoms. The highest BCUT2D eigenvalue weighted by molar-refractivity contribution is 9.10. The molecule has 0 N–H and O–H groups in total. The number of benzene rings is 1. The van der Waals surface area contributed by atoms with Crippen LogP contribution in [-0.4, -0.2) is 27.9 Å². The molecule has 6 heteroatoms. The maximum atomic E-state index is 8.49. The Hall–Kier alpha value is -1.11. The first-order valence-electron chi connectivity index (χ1n) is 9.48. The molecule has 0 spiro atoms. The van der Waals surface area contributed by atoms with Crippen molar-refractivity contribution >= 4 is 28.6 Å². The maximum absolute atomic E-state index is 8.49. The molecule has 0 amide bonds. The second kappa shape index (κ2) is 4.97. The van der Waals surface area contributed by atoms with Gasteiger partial charge in [-0.15, -0.1) is 0 Å². The van der Waals surface area contributed by atoms with Gasteiger partial charge in [0.1, 0.15) is 0 Å². The SMILES string of the molecule is [2H]c1c([2H])c([2H])c(-n2c(Br)nc(B3OC(C)(C)C(C)(C)O3)c2[2H])c([2H])c1[2H]. The van der Waals surface area contributed by atoms with Gasteiger partial charge >= 0.3 is 7.12 Å². The van der Waals surface area contributed by atoms with Crippen molar-refractivity contribution in [2.75, 3.05) is 0 Å². The van der Waals surface area contributed by atoms with E-state index in [-0.39, 0.29) is 22.2 Å². The van der Waals surface area contributed by atoms with Crippen LogP contribution in [0.5, 0.6) is 0 Å². The molecule has 1 aliphatic heterocycles. The van der Waals surface area contributed by atoms with Crippen LogP contribution in [0.15, 0.2) is 41.1 Å². The minimum Gasteiger partial charge on any atom is -0.398 e. The molecule has 0 radical (unpaired) electrons. The molecule has 1 aromatic heterocycles. The lowest BCUT2D eigenvalue weighted by atomic mass is 9.86.